The lowest BCUT2D eigenvalue weighted by Gasteiger charge is -2.27. The van der Waals surface area contributed by atoms with E-state index < -0.39 is 11.9 Å². The van der Waals surface area contributed by atoms with Crippen molar-refractivity contribution in [3.8, 4) is 23.3 Å². The fourth-order valence-corrected chi connectivity index (χ4v) is 3.90. The second-order valence-corrected chi connectivity index (χ2v) is 8.13. The Bertz CT molecular complexity index is 1310. The maximum atomic E-state index is 12.3. The molecule has 1 aliphatic heterocycles. The smallest absolute Gasteiger partial charge is 0.349 e. The van der Waals surface area contributed by atoms with Crippen LogP contribution in [0, 0.1) is 18.3 Å². The number of aryl methyl sites for hydroxylation is 1. The van der Waals surface area contributed by atoms with E-state index in [1.165, 1.54) is 0 Å². The molecule has 0 bridgehead atoms. The molecule has 166 valence electrons. The molecule has 4 rings (SSSR count). The summed E-state index contributed by atoms with van der Waals surface area (Å²) in [5.74, 6) is -0.000345. The van der Waals surface area contributed by atoms with Crippen molar-refractivity contribution in [3.05, 3.63) is 98.9 Å². The lowest BCUT2D eigenvalue weighted by atomic mass is 9.83. The normalized spacial score (nSPS) is 14.7. The quantitative estimate of drug-likeness (QED) is 0.382. The van der Waals surface area contributed by atoms with Gasteiger partial charge in [0.1, 0.15) is 28.9 Å². The van der Waals surface area contributed by atoms with Crippen molar-refractivity contribution < 1.29 is 19.0 Å². The van der Waals surface area contributed by atoms with Crippen LogP contribution in [0.1, 0.15) is 22.6 Å². The monoisotopic (exact) mass is 480 g/mol. The highest BCUT2D eigenvalue weighted by atomic mass is 35.5. The summed E-state index contributed by atoms with van der Waals surface area (Å²) < 4.78 is 16.5. The number of carbonyl (C=O) groups is 1. The van der Waals surface area contributed by atoms with Crippen LogP contribution < -0.4 is 19.9 Å². The van der Waals surface area contributed by atoms with Gasteiger partial charge in [0.15, 0.2) is 6.61 Å². The lowest BCUT2D eigenvalue weighted by Crippen LogP contribution is -2.22. The molecule has 8 heteroatoms. The minimum Gasteiger partial charge on any atom is -0.482 e. The molecule has 1 atom stereocenters. The van der Waals surface area contributed by atoms with Crippen LogP contribution in [0.15, 0.2) is 72.1 Å². The number of allylic oxidation sites excluding steroid dienone is 1. The number of ether oxygens (including phenoxy) is 3. The minimum absolute atomic E-state index is 0.0279. The molecule has 0 amide bonds. The van der Waals surface area contributed by atoms with Crippen LogP contribution in [0.2, 0.25) is 10.0 Å². The number of carbonyl (C=O) groups excluding carboxylic acids is 1. The van der Waals surface area contributed by atoms with Gasteiger partial charge in [0.2, 0.25) is 5.88 Å². The van der Waals surface area contributed by atoms with Crippen LogP contribution in [-0.2, 0) is 4.79 Å². The van der Waals surface area contributed by atoms with Gasteiger partial charge in [0.05, 0.1) is 5.92 Å². The Balaban J connectivity index is 1.54. The molecule has 33 heavy (non-hydrogen) atoms. The Morgan fingerprint density at radius 1 is 1.06 bits per heavy atom. The van der Waals surface area contributed by atoms with E-state index in [2.05, 4.69) is 6.07 Å². The van der Waals surface area contributed by atoms with Gasteiger partial charge in [-0.05, 0) is 48.4 Å². The fraction of sp³-hybridized carbons (Fsp3) is 0.120. The molecule has 0 aliphatic carbocycles. The molecule has 1 unspecified atom stereocenters. The number of nitrogens with two attached hydrogens (primary N) is 1. The van der Waals surface area contributed by atoms with Crippen molar-refractivity contribution in [2.24, 2.45) is 5.73 Å². The number of hydrogen-bond acceptors (Lipinski definition) is 6. The molecule has 1 heterocycles. The van der Waals surface area contributed by atoms with E-state index in [1.807, 2.05) is 19.1 Å². The number of rotatable bonds is 5. The van der Waals surface area contributed by atoms with Gasteiger partial charge < -0.3 is 19.9 Å². The average molecular weight is 481 g/mol. The number of benzene rings is 3. The summed E-state index contributed by atoms with van der Waals surface area (Å²) in [6.07, 6.45) is 0. The Labute approximate surface area is 200 Å². The Hall–Kier alpha value is -3.66. The summed E-state index contributed by atoms with van der Waals surface area (Å²) in [6, 6.07) is 19.3. The van der Waals surface area contributed by atoms with Gasteiger partial charge in [0, 0.05) is 21.7 Å². The highest BCUT2D eigenvalue weighted by Crippen LogP contribution is 2.45. The lowest BCUT2D eigenvalue weighted by molar-refractivity contribution is -0.136. The number of fused-ring (bicyclic) bond motifs is 1. The van der Waals surface area contributed by atoms with Crippen molar-refractivity contribution in [1.82, 2.24) is 0 Å². The minimum atomic E-state index is -0.595. The predicted octanol–water partition coefficient (Wildman–Crippen LogP) is 5.50. The van der Waals surface area contributed by atoms with Crippen LogP contribution in [0.5, 0.6) is 17.2 Å². The summed E-state index contributed by atoms with van der Waals surface area (Å²) >= 11 is 12.4. The zero-order chi connectivity index (χ0) is 23.5. The molecule has 2 N–H and O–H groups in total. The average Bonchev–Trinajstić information content (AvgIpc) is 2.79. The van der Waals surface area contributed by atoms with Crippen molar-refractivity contribution in [2.45, 2.75) is 12.8 Å². The Morgan fingerprint density at radius 3 is 2.55 bits per heavy atom. The molecule has 0 spiro atoms. The second-order valence-electron chi connectivity index (χ2n) is 7.32. The van der Waals surface area contributed by atoms with E-state index in [9.17, 15) is 10.1 Å². The molecular weight excluding hydrogens is 463 g/mol. The second kappa shape index (κ2) is 9.45. The highest BCUT2D eigenvalue weighted by Gasteiger charge is 2.32. The topological polar surface area (TPSA) is 94.6 Å². The first kappa shape index (κ1) is 22.5. The van der Waals surface area contributed by atoms with Crippen LogP contribution in [0.4, 0.5) is 0 Å². The standard InChI is InChI=1S/C25H18Cl2N2O4/c1-14-10-15(7-9-20(14)26)31-13-23(30)32-16-6-8-18-22(11-16)33-25(29)19(12-28)24(18)17-4-2-3-5-21(17)27/h2-11,24H,13,29H2,1H3. The van der Waals surface area contributed by atoms with Gasteiger partial charge in [-0.25, -0.2) is 4.79 Å². The third-order valence-corrected chi connectivity index (χ3v) is 5.89. The van der Waals surface area contributed by atoms with Crippen molar-refractivity contribution in [3.63, 3.8) is 0 Å². The molecule has 0 radical (unpaired) electrons. The predicted molar refractivity (Wildman–Crippen MR) is 125 cm³/mol. The molecule has 3 aromatic rings. The number of esters is 1. The van der Waals surface area contributed by atoms with E-state index in [4.69, 9.17) is 43.1 Å². The van der Waals surface area contributed by atoms with Crippen molar-refractivity contribution in [1.29, 1.82) is 5.26 Å². The molecule has 0 fully saturated rings. The van der Waals surface area contributed by atoms with E-state index >= 15 is 0 Å². The number of hydrogen-bond donors (Lipinski definition) is 1. The summed E-state index contributed by atoms with van der Waals surface area (Å²) in [7, 11) is 0. The van der Waals surface area contributed by atoms with E-state index in [0.29, 0.717) is 27.1 Å². The van der Waals surface area contributed by atoms with Gasteiger partial charge in [-0.1, -0.05) is 47.5 Å². The zero-order valence-corrected chi connectivity index (χ0v) is 19.0. The molecule has 6 nitrogen and oxygen atoms in total. The van der Waals surface area contributed by atoms with Gasteiger partial charge in [-0.3, -0.25) is 0 Å². The summed E-state index contributed by atoms with van der Waals surface area (Å²) in [5, 5.41) is 10.8. The maximum absolute atomic E-state index is 12.3. The highest BCUT2D eigenvalue weighted by molar-refractivity contribution is 6.31. The molecular formula is C25H18Cl2N2O4. The van der Waals surface area contributed by atoms with Gasteiger partial charge in [0.25, 0.3) is 0 Å². The van der Waals surface area contributed by atoms with Crippen LogP contribution in [0.3, 0.4) is 0 Å². The van der Waals surface area contributed by atoms with Crippen molar-refractivity contribution in [2.75, 3.05) is 6.61 Å². The third-order valence-electron chi connectivity index (χ3n) is 5.12. The van der Waals surface area contributed by atoms with E-state index in [-0.39, 0.29) is 23.8 Å². The molecule has 1 aliphatic rings. The summed E-state index contributed by atoms with van der Waals surface area (Å²) in [6.45, 7) is 1.55. The van der Waals surface area contributed by atoms with Gasteiger partial charge in [-0.15, -0.1) is 0 Å². The van der Waals surface area contributed by atoms with Gasteiger partial charge in [-0.2, -0.15) is 5.26 Å². The van der Waals surface area contributed by atoms with Crippen LogP contribution in [-0.4, -0.2) is 12.6 Å². The first-order valence-electron chi connectivity index (χ1n) is 9.93. The largest absolute Gasteiger partial charge is 0.482 e. The Morgan fingerprint density at radius 2 is 1.82 bits per heavy atom. The number of nitrogens with zero attached hydrogens (tertiary/aromatic N) is 1. The molecule has 3 aromatic carbocycles. The molecule has 0 saturated carbocycles. The summed E-state index contributed by atoms with van der Waals surface area (Å²) in [4.78, 5) is 12.3. The molecule has 0 aromatic heterocycles. The number of halogens is 2. The van der Waals surface area contributed by atoms with Crippen LogP contribution in [0.25, 0.3) is 0 Å². The SMILES string of the molecule is Cc1cc(OCC(=O)Oc2ccc3c(c2)OC(N)=C(C#N)C3c2ccccc2Cl)ccc1Cl. The zero-order valence-electron chi connectivity index (χ0n) is 17.5. The molecule has 0 saturated heterocycles. The first-order valence-corrected chi connectivity index (χ1v) is 10.7. The van der Waals surface area contributed by atoms with Gasteiger partial charge >= 0.3 is 5.97 Å². The maximum Gasteiger partial charge on any atom is 0.349 e. The first-order chi connectivity index (χ1) is 15.9. The van der Waals surface area contributed by atoms with Crippen LogP contribution >= 0.6 is 23.2 Å². The Kier molecular flexibility index (Phi) is 6.45. The van der Waals surface area contributed by atoms with Crippen molar-refractivity contribution >= 4 is 29.2 Å². The summed E-state index contributed by atoms with van der Waals surface area (Å²) in [5.41, 5.74) is 8.52. The fourth-order valence-electron chi connectivity index (χ4n) is 3.54. The van der Waals surface area contributed by atoms with E-state index in [1.54, 1.807) is 48.5 Å². The number of nitriles is 1. The van der Waals surface area contributed by atoms with E-state index in [0.717, 1.165) is 11.1 Å². The third kappa shape index (κ3) is 4.75.